The highest BCUT2D eigenvalue weighted by molar-refractivity contribution is 9.10. The molecule has 0 saturated carbocycles. The number of aryl methyl sites for hydroxylation is 1. The molecule has 1 aromatic carbocycles. The Labute approximate surface area is 126 Å². The average molecular weight is 362 g/mol. The maximum absolute atomic E-state index is 12.6. The monoisotopic (exact) mass is 361 g/mol. The van der Waals surface area contributed by atoms with Crippen LogP contribution in [-0.2, 0) is 19.8 Å². The molecule has 1 heterocycles. The molecule has 0 aliphatic heterocycles. The molecule has 8 heteroatoms. The summed E-state index contributed by atoms with van der Waals surface area (Å²) in [5.41, 5.74) is -0.153. The molecule has 0 radical (unpaired) electrons. The number of nitrogens with one attached hydrogen (secondary N) is 1. The number of anilines is 1. The average Bonchev–Trinajstić information content (AvgIpc) is 2.43. The Morgan fingerprint density at radius 3 is 2.76 bits per heavy atom. The molecule has 1 aromatic heterocycles. The molecule has 0 atom stereocenters. The van der Waals surface area contributed by atoms with E-state index in [4.69, 9.17) is 0 Å². The molecule has 0 saturated heterocycles. The van der Waals surface area contributed by atoms with E-state index in [1.165, 1.54) is 19.3 Å². The molecule has 4 nitrogen and oxygen atoms in total. The van der Waals surface area contributed by atoms with Crippen LogP contribution in [0, 0.1) is 0 Å². The smallest absolute Gasteiger partial charge is 0.379 e. The summed E-state index contributed by atoms with van der Waals surface area (Å²) < 4.78 is 39.3. The van der Waals surface area contributed by atoms with Crippen LogP contribution in [-0.4, -0.2) is 9.78 Å². The van der Waals surface area contributed by atoms with Crippen LogP contribution in [0.15, 0.2) is 39.7 Å². The van der Waals surface area contributed by atoms with Crippen LogP contribution in [0.3, 0.4) is 0 Å². The lowest BCUT2D eigenvalue weighted by Crippen LogP contribution is -2.21. The van der Waals surface area contributed by atoms with Gasteiger partial charge in [0.05, 0.1) is 17.4 Å². The van der Waals surface area contributed by atoms with E-state index in [0.717, 1.165) is 16.8 Å². The van der Waals surface area contributed by atoms with Crippen LogP contribution in [0.2, 0.25) is 0 Å². The molecule has 0 aliphatic rings. The van der Waals surface area contributed by atoms with Crippen molar-refractivity contribution in [2.75, 3.05) is 5.32 Å². The molecule has 0 bridgehead atoms. The Morgan fingerprint density at radius 2 is 2.10 bits per heavy atom. The van der Waals surface area contributed by atoms with Crippen molar-refractivity contribution in [1.29, 1.82) is 0 Å². The van der Waals surface area contributed by atoms with Gasteiger partial charge < -0.3 is 5.32 Å². The van der Waals surface area contributed by atoms with Crippen molar-refractivity contribution in [1.82, 2.24) is 9.78 Å². The fourth-order valence-electron chi connectivity index (χ4n) is 1.69. The fraction of sp³-hybridized carbons (Fsp3) is 0.231. The van der Waals surface area contributed by atoms with Crippen molar-refractivity contribution in [3.8, 4) is 0 Å². The molecule has 1 N–H and O–H groups in total. The molecular weight excluding hydrogens is 351 g/mol. The lowest BCUT2D eigenvalue weighted by molar-refractivity contribution is -0.137. The SMILES string of the molecule is Cn1ncc(NCc2cccc(C(F)(F)F)c2)c(Br)c1=O. The summed E-state index contributed by atoms with van der Waals surface area (Å²) in [5.74, 6) is 0. The first-order chi connectivity index (χ1) is 9.79. The highest BCUT2D eigenvalue weighted by Gasteiger charge is 2.30. The lowest BCUT2D eigenvalue weighted by atomic mass is 10.1. The van der Waals surface area contributed by atoms with Crippen molar-refractivity contribution >= 4 is 21.6 Å². The molecule has 0 fully saturated rings. The maximum atomic E-state index is 12.6. The molecule has 0 unspecified atom stereocenters. The van der Waals surface area contributed by atoms with E-state index in [1.54, 1.807) is 6.07 Å². The van der Waals surface area contributed by atoms with Crippen LogP contribution >= 0.6 is 15.9 Å². The third kappa shape index (κ3) is 3.63. The normalized spacial score (nSPS) is 11.5. The van der Waals surface area contributed by atoms with Gasteiger partial charge in [-0.05, 0) is 33.6 Å². The van der Waals surface area contributed by atoms with E-state index in [1.807, 2.05) is 0 Å². The Balaban J connectivity index is 2.18. The number of aromatic nitrogens is 2. The van der Waals surface area contributed by atoms with Gasteiger partial charge in [0.25, 0.3) is 5.56 Å². The summed E-state index contributed by atoms with van der Waals surface area (Å²) in [5, 5.41) is 6.73. The minimum Gasteiger partial charge on any atom is -0.379 e. The fourth-order valence-corrected chi connectivity index (χ4v) is 2.19. The van der Waals surface area contributed by atoms with Gasteiger partial charge in [-0.3, -0.25) is 4.79 Å². The quantitative estimate of drug-likeness (QED) is 0.913. The Morgan fingerprint density at radius 1 is 1.38 bits per heavy atom. The molecular formula is C13H11BrF3N3O. The van der Waals surface area contributed by atoms with Crippen molar-refractivity contribution in [2.45, 2.75) is 12.7 Å². The summed E-state index contributed by atoms with van der Waals surface area (Å²) in [4.78, 5) is 11.7. The molecule has 0 amide bonds. The number of rotatable bonds is 3. The van der Waals surface area contributed by atoms with Crippen LogP contribution in [0.25, 0.3) is 0 Å². The Kier molecular flexibility index (Phi) is 4.36. The van der Waals surface area contributed by atoms with E-state index in [-0.39, 0.29) is 16.6 Å². The van der Waals surface area contributed by atoms with Crippen molar-refractivity contribution in [2.24, 2.45) is 7.05 Å². The van der Waals surface area contributed by atoms with Gasteiger partial charge in [0, 0.05) is 13.6 Å². The van der Waals surface area contributed by atoms with E-state index < -0.39 is 11.7 Å². The topological polar surface area (TPSA) is 46.9 Å². The van der Waals surface area contributed by atoms with E-state index in [0.29, 0.717) is 11.3 Å². The first-order valence-electron chi connectivity index (χ1n) is 5.91. The summed E-state index contributed by atoms with van der Waals surface area (Å²) in [6.45, 7) is 0.150. The number of halogens is 4. The second-order valence-corrected chi connectivity index (χ2v) is 5.15. The Hall–Kier alpha value is -1.83. The predicted octanol–water partition coefficient (Wildman–Crippen LogP) is 3.17. The largest absolute Gasteiger partial charge is 0.416 e. The molecule has 0 aliphatic carbocycles. The van der Waals surface area contributed by atoms with Gasteiger partial charge >= 0.3 is 6.18 Å². The third-order valence-electron chi connectivity index (χ3n) is 2.82. The van der Waals surface area contributed by atoms with Gasteiger partial charge in [0.2, 0.25) is 0 Å². The van der Waals surface area contributed by atoms with E-state index in [9.17, 15) is 18.0 Å². The summed E-state index contributed by atoms with van der Waals surface area (Å²) >= 11 is 3.13. The van der Waals surface area contributed by atoms with Gasteiger partial charge in [-0.25, -0.2) is 4.68 Å². The van der Waals surface area contributed by atoms with Gasteiger partial charge in [0.15, 0.2) is 0 Å². The lowest BCUT2D eigenvalue weighted by Gasteiger charge is -2.11. The van der Waals surface area contributed by atoms with Gasteiger partial charge in [-0.1, -0.05) is 12.1 Å². The third-order valence-corrected chi connectivity index (χ3v) is 3.58. The molecule has 2 aromatic rings. The molecule has 112 valence electrons. The first kappa shape index (κ1) is 15.6. The Bertz CT molecular complexity index is 713. The van der Waals surface area contributed by atoms with Gasteiger partial charge in [-0.2, -0.15) is 18.3 Å². The second-order valence-electron chi connectivity index (χ2n) is 4.35. The summed E-state index contributed by atoms with van der Waals surface area (Å²) in [7, 11) is 1.50. The predicted molar refractivity (Wildman–Crippen MR) is 75.9 cm³/mol. The minimum absolute atomic E-state index is 0.150. The number of nitrogens with zero attached hydrogens (tertiary/aromatic N) is 2. The van der Waals surface area contributed by atoms with E-state index in [2.05, 4.69) is 26.3 Å². The van der Waals surface area contributed by atoms with Crippen LogP contribution in [0.1, 0.15) is 11.1 Å². The zero-order valence-corrected chi connectivity index (χ0v) is 12.5. The van der Waals surface area contributed by atoms with Crippen molar-refractivity contribution < 1.29 is 13.2 Å². The highest BCUT2D eigenvalue weighted by atomic mass is 79.9. The first-order valence-corrected chi connectivity index (χ1v) is 6.70. The zero-order valence-electron chi connectivity index (χ0n) is 10.9. The zero-order chi connectivity index (χ0) is 15.6. The van der Waals surface area contributed by atoms with Gasteiger partial charge in [-0.15, -0.1) is 0 Å². The number of hydrogen-bond donors (Lipinski definition) is 1. The number of benzene rings is 1. The van der Waals surface area contributed by atoms with Crippen LogP contribution in [0.4, 0.5) is 18.9 Å². The van der Waals surface area contributed by atoms with E-state index >= 15 is 0 Å². The molecule has 2 rings (SSSR count). The summed E-state index contributed by atoms with van der Waals surface area (Å²) in [6.07, 6.45) is -2.94. The number of hydrogen-bond acceptors (Lipinski definition) is 3. The van der Waals surface area contributed by atoms with Crippen molar-refractivity contribution in [3.05, 3.63) is 56.4 Å². The standard InChI is InChI=1S/C13H11BrF3N3O/c1-20-12(21)11(14)10(7-19-20)18-6-8-3-2-4-9(5-8)13(15,16)17/h2-5,7,18H,6H2,1H3. The second kappa shape index (κ2) is 5.88. The van der Waals surface area contributed by atoms with Crippen LogP contribution in [0.5, 0.6) is 0 Å². The molecule has 21 heavy (non-hydrogen) atoms. The highest BCUT2D eigenvalue weighted by Crippen LogP contribution is 2.29. The number of alkyl halides is 3. The maximum Gasteiger partial charge on any atom is 0.416 e. The minimum atomic E-state index is -4.37. The van der Waals surface area contributed by atoms with Crippen molar-refractivity contribution in [3.63, 3.8) is 0 Å². The van der Waals surface area contributed by atoms with Crippen LogP contribution < -0.4 is 10.9 Å². The molecule has 0 spiro atoms. The summed E-state index contributed by atoms with van der Waals surface area (Å²) in [6, 6.07) is 5.00. The van der Waals surface area contributed by atoms with Gasteiger partial charge in [0.1, 0.15) is 4.47 Å².